The van der Waals surface area contributed by atoms with Gasteiger partial charge in [0.25, 0.3) is 5.91 Å². The fourth-order valence-electron chi connectivity index (χ4n) is 2.72. The molecular weight excluding hydrogens is 388 g/mol. The van der Waals surface area contributed by atoms with E-state index in [0.717, 1.165) is 11.6 Å². The van der Waals surface area contributed by atoms with E-state index in [0.29, 0.717) is 11.4 Å². The zero-order valence-electron chi connectivity index (χ0n) is 15.4. The number of carbonyl (C=O) groups is 3. The highest BCUT2D eigenvalue weighted by Gasteiger charge is 2.38. The fourth-order valence-corrected chi connectivity index (χ4v) is 3.02. The number of hydrogen-bond donors (Lipinski definition) is 2. The van der Waals surface area contributed by atoms with E-state index in [9.17, 15) is 19.6 Å². The highest BCUT2D eigenvalue weighted by Crippen LogP contribution is 2.22. The van der Waals surface area contributed by atoms with Gasteiger partial charge >= 0.3 is 0 Å². The average molecular weight is 404 g/mol. The summed E-state index contributed by atoms with van der Waals surface area (Å²) in [6.45, 7) is 1.91. The zero-order chi connectivity index (χ0) is 21.0. The summed E-state index contributed by atoms with van der Waals surface area (Å²) in [5.41, 5.74) is 1.64. The van der Waals surface area contributed by atoms with Crippen LogP contribution >= 0.6 is 12.2 Å². The van der Waals surface area contributed by atoms with Gasteiger partial charge in [-0.05, 0) is 49.5 Å². The van der Waals surface area contributed by atoms with Crippen LogP contribution in [0.2, 0.25) is 0 Å². The van der Waals surface area contributed by atoms with Crippen LogP contribution in [0.15, 0.2) is 66.2 Å². The molecule has 144 valence electrons. The topological polar surface area (TPSA) is 102 Å². The molecule has 0 radical (unpaired) electrons. The van der Waals surface area contributed by atoms with Gasteiger partial charge in [-0.1, -0.05) is 35.9 Å². The molecule has 1 saturated heterocycles. The molecule has 0 bridgehead atoms. The van der Waals surface area contributed by atoms with Gasteiger partial charge in [-0.25, -0.2) is 0 Å². The second kappa shape index (κ2) is 8.46. The Morgan fingerprint density at radius 2 is 1.83 bits per heavy atom. The summed E-state index contributed by atoms with van der Waals surface area (Å²) in [7, 11) is 0. The second-order valence-electron chi connectivity index (χ2n) is 6.29. The number of amides is 3. The zero-order valence-corrected chi connectivity index (χ0v) is 16.2. The Morgan fingerprint density at radius 3 is 2.45 bits per heavy atom. The first kappa shape index (κ1) is 19.9. The molecule has 0 spiro atoms. The largest absolute Gasteiger partial charge is 0.321 e. The number of nitrogens with zero attached hydrogens (tertiary/aromatic N) is 2. The van der Waals surface area contributed by atoms with Crippen LogP contribution in [0.3, 0.4) is 0 Å². The number of rotatable bonds is 4. The molecule has 2 aromatic rings. The Hall–Kier alpha value is -3.83. The van der Waals surface area contributed by atoms with Gasteiger partial charge in [0.2, 0.25) is 11.8 Å². The highest BCUT2D eigenvalue weighted by atomic mass is 32.1. The Bertz CT molecular complexity index is 1060. The van der Waals surface area contributed by atoms with E-state index in [1.165, 1.54) is 4.90 Å². The normalized spacial score (nSPS) is 16.8. The summed E-state index contributed by atoms with van der Waals surface area (Å²) in [5, 5.41) is 14.4. The minimum atomic E-state index is -1.36. The van der Waals surface area contributed by atoms with E-state index in [2.05, 4.69) is 10.6 Å². The van der Waals surface area contributed by atoms with Crippen molar-refractivity contribution in [2.24, 2.45) is 5.92 Å². The van der Waals surface area contributed by atoms with Gasteiger partial charge in [0.1, 0.15) is 17.6 Å². The number of nitriles is 1. The van der Waals surface area contributed by atoms with Crippen LogP contribution in [0, 0.1) is 24.2 Å². The molecule has 8 heteroatoms. The van der Waals surface area contributed by atoms with Crippen LogP contribution in [-0.4, -0.2) is 22.8 Å². The molecular formula is C21H16N4O3S. The molecule has 0 aliphatic carbocycles. The number of carbonyl (C=O) groups excluding carboxylic acids is 3. The Morgan fingerprint density at radius 1 is 1.17 bits per heavy atom. The van der Waals surface area contributed by atoms with Gasteiger partial charge in [-0.15, -0.1) is 0 Å². The lowest BCUT2D eigenvalue weighted by Crippen LogP contribution is -2.57. The molecule has 1 heterocycles. The fraction of sp³-hybridized carbons (Fsp3) is 0.0952. The molecule has 2 aromatic carbocycles. The number of hydrogen-bond acceptors (Lipinski definition) is 5. The molecule has 2 N–H and O–H groups in total. The molecule has 3 rings (SSSR count). The van der Waals surface area contributed by atoms with Crippen molar-refractivity contribution in [1.29, 1.82) is 5.26 Å². The SMILES string of the molecule is Cc1ccc(NC(=O)/C(C#N)=C\[C@@H]2C(=O)NC(=S)N(c3ccccc3)C2=O)cc1. The predicted octanol–water partition coefficient (Wildman–Crippen LogP) is 2.45. The van der Waals surface area contributed by atoms with Gasteiger partial charge in [-0.2, -0.15) is 5.26 Å². The summed E-state index contributed by atoms with van der Waals surface area (Å²) in [4.78, 5) is 38.9. The van der Waals surface area contributed by atoms with Crippen LogP contribution < -0.4 is 15.5 Å². The lowest BCUT2D eigenvalue weighted by Gasteiger charge is -2.31. The van der Waals surface area contributed by atoms with Crippen molar-refractivity contribution >= 4 is 46.4 Å². The number of para-hydroxylation sites is 1. The molecule has 0 unspecified atom stereocenters. The van der Waals surface area contributed by atoms with Crippen molar-refractivity contribution in [2.75, 3.05) is 10.2 Å². The number of thiocarbonyl (C=S) groups is 1. The van der Waals surface area contributed by atoms with Crippen molar-refractivity contribution in [3.8, 4) is 6.07 Å². The van der Waals surface area contributed by atoms with E-state index < -0.39 is 23.6 Å². The standard InChI is InChI=1S/C21H16N4O3S/c1-13-7-9-15(10-8-13)23-18(26)14(12-22)11-17-19(27)24-21(29)25(20(17)28)16-5-3-2-4-6-16/h2-11,17H,1H3,(H,23,26)(H,24,27,29)/b14-11-/t17-/m1/s1. The summed E-state index contributed by atoms with van der Waals surface area (Å²) < 4.78 is 0. The monoisotopic (exact) mass is 404 g/mol. The first-order valence-electron chi connectivity index (χ1n) is 8.64. The molecule has 1 atom stereocenters. The molecule has 3 amide bonds. The van der Waals surface area contributed by atoms with E-state index >= 15 is 0 Å². The Labute approximate surface area is 172 Å². The summed E-state index contributed by atoms with van der Waals surface area (Å²) in [6.07, 6.45) is 1.05. The average Bonchev–Trinajstić information content (AvgIpc) is 2.70. The van der Waals surface area contributed by atoms with Crippen molar-refractivity contribution < 1.29 is 14.4 Å². The van der Waals surface area contributed by atoms with Crippen LogP contribution in [0.5, 0.6) is 0 Å². The molecule has 29 heavy (non-hydrogen) atoms. The maximum Gasteiger partial charge on any atom is 0.266 e. The number of nitrogens with one attached hydrogen (secondary N) is 2. The van der Waals surface area contributed by atoms with Crippen molar-refractivity contribution in [3.05, 3.63) is 71.8 Å². The first-order chi connectivity index (χ1) is 13.9. The van der Waals surface area contributed by atoms with Gasteiger partial charge < -0.3 is 10.6 Å². The van der Waals surface area contributed by atoms with Crippen molar-refractivity contribution in [2.45, 2.75) is 6.92 Å². The van der Waals surface area contributed by atoms with Gasteiger partial charge in [0, 0.05) is 5.69 Å². The molecule has 7 nitrogen and oxygen atoms in total. The summed E-state index contributed by atoms with van der Waals surface area (Å²) >= 11 is 5.12. The minimum absolute atomic E-state index is 0.0570. The number of aryl methyl sites for hydroxylation is 1. The van der Waals surface area contributed by atoms with Crippen LogP contribution in [0.1, 0.15) is 5.56 Å². The predicted molar refractivity (Wildman–Crippen MR) is 112 cm³/mol. The lowest BCUT2D eigenvalue weighted by atomic mass is 10.0. The quantitative estimate of drug-likeness (QED) is 0.353. The summed E-state index contributed by atoms with van der Waals surface area (Å²) in [5.74, 6) is -3.40. The third-order valence-corrected chi connectivity index (χ3v) is 4.51. The van der Waals surface area contributed by atoms with E-state index in [-0.39, 0.29) is 10.7 Å². The van der Waals surface area contributed by atoms with Gasteiger partial charge in [0.05, 0.1) is 5.69 Å². The maximum atomic E-state index is 12.9. The van der Waals surface area contributed by atoms with Gasteiger partial charge in [-0.3, -0.25) is 19.3 Å². The molecule has 1 aliphatic rings. The van der Waals surface area contributed by atoms with E-state index in [4.69, 9.17) is 12.2 Å². The van der Waals surface area contributed by atoms with Crippen LogP contribution in [0.4, 0.5) is 11.4 Å². The number of anilines is 2. The summed E-state index contributed by atoms with van der Waals surface area (Å²) in [6, 6.07) is 17.3. The maximum absolute atomic E-state index is 12.9. The molecule has 0 aromatic heterocycles. The first-order valence-corrected chi connectivity index (χ1v) is 9.05. The van der Waals surface area contributed by atoms with Gasteiger partial charge in [0.15, 0.2) is 5.11 Å². The van der Waals surface area contributed by atoms with E-state index in [1.807, 2.05) is 19.1 Å². The number of benzene rings is 2. The second-order valence-corrected chi connectivity index (χ2v) is 6.68. The molecule has 1 aliphatic heterocycles. The molecule has 0 saturated carbocycles. The Kier molecular flexibility index (Phi) is 5.81. The van der Waals surface area contributed by atoms with E-state index in [1.54, 1.807) is 48.5 Å². The molecule has 1 fully saturated rings. The smallest absolute Gasteiger partial charge is 0.266 e. The van der Waals surface area contributed by atoms with Crippen molar-refractivity contribution in [1.82, 2.24) is 5.32 Å². The third-order valence-electron chi connectivity index (χ3n) is 4.22. The third kappa shape index (κ3) is 4.36. The Balaban J connectivity index is 1.87. The lowest BCUT2D eigenvalue weighted by molar-refractivity contribution is -0.131. The van der Waals surface area contributed by atoms with Crippen LogP contribution in [-0.2, 0) is 14.4 Å². The van der Waals surface area contributed by atoms with Crippen LogP contribution in [0.25, 0.3) is 0 Å². The highest BCUT2D eigenvalue weighted by molar-refractivity contribution is 7.80. The minimum Gasteiger partial charge on any atom is -0.321 e. The van der Waals surface area contributed by atoms with Crippen molar-refractivity contribution in [3.63, 3.8) is 0 Å².